The fourth-order valence-corrected chi connectivity index (χ4v) is 4.62. The minimum atomic E-state index is -0.563. The smallest absolute Gasteiger partial charge is 0.444 e. The van der Waals surface area contributed by atoms with Gasteiger partial charge in [0.1, 0.15) is 5.60 Å². The number of rotatable bonds is 3. The van der Waals surface area contributed by atoms with Crippen LogP contribution in [0.5, 0.6) is 0 Å². The molecule has 2 fully saturated rings. The molecule has 7 nitrogen and oxygen atoms in total. The zero-order valence-electron chi connectivity index (χ0n) is 21.9. The summed E-state index contributed by atoms with van der Waals surface area (Å²) in [6.07, 6.45) is 1.18. The molecule has 4 rings (SSSR count). The molecule has 1 atom stereocenters. The maximum absolute atomic E-state index is 13.6. The van der Waals surface area contributed by atoms with Crippen molar-refractivity contribution >= 4 is 35.4 Å². The molecule has 0 unspecified atom stereocenters. The van der Waals surface area contributed by atoms with Gasteiger partial charge >= 0.3 is 13.2 Å². The monoisotopic (exact) mass is 480 g/mol. The molecule has 2 heterocycles. The first kappa shape index (κ1) is 25.5. The van der Waals surface area contributed by atoms with Crippen molar-refractivity contribution in [2.45, 2.75) is 84.2 Å². The van der Waals surface area contributed by atoms with Gasteiger partial charge in [-0.25, -0.2) is 4.79 Å². The zero-order valence-corrected chi connectivity index (χ0v) is 21.9. The molecule has 0 radical (unpaired) electrons. The Balaban J connectivity index is 1.56. The minimum absolute atomic E-state index is 0.0441. The Labute approximate surface area is 208 Å². The Morgan fingerprint density at radius 2 is 1.66 bits per heavy atom. The van der Waals surface area contributed by atoms with Gasteiger partial charge in [0.15, 0.2) is 0 Å². The van der Waals surface area contributed by atoms with E-state index in [9.17, 15) is 9.59 Å². The van der Waals surface area contributed by atoms with Crippen LogP contribution in [0.15, 0.2) is 36.4 Å². The fourth-order valence-electron chi connectivity index (χ4n) is 4.62. The molecule has 2 saturated heterocycles. The lowest BCUT2D eigenvalue weighted by molar-refractivity contribution is 0.00578. The number of carbonyl (C=O) groups excluding carboxylic acids is 2. The van der Waals surface area contributed by atoms with Crippen LogP contribution in [0.4, 0.5) is 4.79 Å². The van der Waals surface area contributed by atoms with E-state index in [2.05, 4.69) is 5.32 Å². The number of amides is 2. The number of nitrogens with one attached hydrogen (secondary N) is 1. The molecule has 2 aliphatic heterocycles. The number of fused-ring (bicyclic) bond motifs is 1. The second-order valence-electron chi connectivity index (χ2n) is 11.6. The van der Waals surface area contributed by atoms with E-state index in [1.807, 2.05) is 89.8 Å². The molecule has 1 N–H and O–H groups in total. The minimum Gasteiger partial charge on any atom is -0.444 e. The maximum Gasteiger partial charge on any atom is 0.495 e. The maximum atomic E-state index is 13.6. The topological polar surface area (TPSA) is 77.1 Å². The first-order valence-corrected chi connectivity index (χ1v) is 12.4. The average Bonchev–Trinajstić information content (AvgIpc) is 2.98. The zero-order chi connectivity index (χ0) is 25.6. The van der Waals surface area contributed by atoms with Gasteiger partial charge in [-0.15, -0.1) is 0 Å². The average molecular weight is 480 g/mol. The predicted octanol–water partition coefficient (Wildman–Crippen LogP) is 4.27. The first-order valence-electron chi connectivity index (χ1n) is 12.4. The number of piperidine rings is 1. The fraction of sp³-hybridized carbons (Fsp3) is 0.556. The van der Waals surface area contributed by atoms with Gasteiger partial charge in [-0.1, -0.05) is 30.3 Å². The molecule has 0 aromatic heterocycles. The third-order valence-corrected chi connectivity index (χ3v) is 7.12. The highest BCUT2D eigenvalue weighted by Crippen LogP contribution is 2.37. The molecule has 2 amide bonds. The van der Waals surface area contributed by atoms with Gasteiger partial charge in [-0.2, -0.15) is 0 Å². The third-order valence-electron chi connectivity index (χ3n) is 7.12. The number of ether oxygens (including phenoxy) is 1. The van der Waals surface area contributed by atoms with Crippen molar-refractivity contribution in [3.8, 4) is 0 Å². The summed E-state index contributed by atoms with van der Waals surface area (Å²) in [5, 5.41) is 4.73. The second-order valence-corrected chi connectivity index (χ2v) is 11.6. The van der Waals surface area contributed by atoms with Crippen LogP contribution in [0.2, 0.25) is 0 Å². The molecule has 0 aliphatic carbocycles. The summed E-state index contributed by atoms with van der Waals surface area (Å²) in [6, 6.07) is 11.6. The van der Waals surface area contributed by atoms with Crippen molar-refractivity contribution < 1.29 is 23.6 Å². The van der Waals surface area contributed by atoms with Gasteiger partial charge < -0.3 is 24.3 Å². The van der Waals surface area contributed by atoms with Crippen LogP contribution < -0.4 is 10.8 Å². The summed E-state index contributed by atoms with van der Waals surface area (Å²) in [4.78, 5) is 27.7. The van der Waals surface area contributed by atoms with E-state index in [1.54, 1.807) is 0 Å². The number of likely N-dealkylation sites (tertiary alicyclic amines) is 1. The first-order chi connectivity index (χ1) is 16.3. The quantitative estimate of drug-likeness (QED) is 0.665. The summed E-state index contributed by atoms with van der Waals surface area (Å²) < 4.78 is 18.0. The van der Waals surface area contributed by atoms with E-state index in [-0.39, 0.29) is 11.9 Å². The van der Waals surface area contributed by atoms with Crippen LogP contribution in [0.25, 0.3) is 10.8 Å². The lowest BCUT2D eigenvalue weighted by Gasteiger charge is -2.34. The van der Waals surface area contributed by atoms with E-state index in [0.717, 1.165) is 29.1 Å². The molecule has 0 spiro atoms. The third kappa shape index (κ3) is 5.33. The van der Waals surface area contributed by atoms with Gasteiger partial charge in [-0.3, -0.25) is 4.79 Å². The van der Waals surface area contributed by atoms with Gasteiger partial charge in [-0.05, 0) is 83.6 Å². The van der Waals surface area contributed by atoms with Gasteiger partial charge in [0, 0.05) is 24.7 Å². The van der Waals surface area contributed by atoms with Crippen LogP contribution in [0.1, 0.15) is 71.7 Å². The molecule has 35 heavy (non-hydrogen) atoms. The summed E-state index contributed by atoms with van der Waals surface area (Å²) in [5.74, 6) is -0.0441. The molecule has 2 aliphatic rings. The van der Waals surface area contributed by atoms with Crippen LogP contribution >= 0.6 is 0 Å². The second kappa shape index (κ2) is 9.14. The van der Waals surface area contributed by atoms with Crippen LogP contribution in [0.3, 0.4) is 0 Å². The molecule has 2 aromatic rings. The molecular weight excluding hydrogens is 443 g/mol. The highest BCUT2D eigenvalue weighted by atomic mass is 16.7. The van der Waals surface area contributed by atoms with Crippen LogP contribution in [-0.2, 0) is 14.0 Å². The lowest BCUT2D eigenvalue weighted by Crippen LogP contribution is -2.50. The Kier molecular flexibility index (Phi) is 6.66. The lowest BCUT2D eigenvalue weighted by atomic mass is 9.75. The highest BCUT2D eigenvalue weighted by Gasteiger charge is 2.52. The summed E-state index contributed by atoms with van der Waals surface area (Å²) in [5.41, 5.74) is 0.0956. The van der Waals surface area contributed by atoms with Crippen molar-refractivity contribution in [2.24, 2.45) is 0 Å². The van der Waals surface area contributed by atoms with Crippen LogP contribution in [-0.4, -0.2) is 60.0 Å². The van der Waals surface area contributed by atoms with Gasteiger partial charge in [0.25, 0.3) is 5.91 Å². The van der Waals surface area contributed by atoms with E-state index in [1.165, 1.54) is 0 Å². The highest BCUT2D eigenvalue weighted by molar-refractivity contribution is 6.65. The summed E-state index contributed by atoms with van der Waals surface area (Å²) >= 11 is 0. The molecule has 8 heteroatoms. The largest absolute Gasteiger partial charge is 0.495 e. The van der Waals surface area contributed by atoms with Gasteiger partial charge in [0.05, 0.1) is 11.2 Å². The molecule has 0 bridgehead atoms. The SMILES string of the molecule is CC(C)(C)OC(=O)N[C@H]1CCCN(C(=O)c2cccc3c(B4OC(C)(C)C(C)(C)O4)cccc23)C1. The van der Waals surface area contributed by atoms with Crippen LogP contribution in [0, 0.1) is 0 Å². The van der Waals surface area contributed by atoms with E-state index in [4.69, 9.17) is 14.0 Å². The number of hydrogen-bond acceptors (Lipinski definition) is 5. The molecular formula is C27H37BN2O5. The molecule has 2 aromatic carbocycles. The Hall–Kier alpha value is -2.58. The van der Waals surface area contributed by atoms with E-state index in [0.29, 0.717) is 18.7 Å². The Morgan fingerprint density at radius 1 is 1.03 bits per heavy atom. The number of alkyl carbamates (subject to hydrolysis) is 1. The van der Waals surface area contributed by atoms with E-state index < -0.39 is 30.0 Å². The Morgan fingerprint density at radius 3 is 2.31 bits per heavy atom. The summed E-state index contributed by atoms with van der Waals surface area (Å²) in [7, 11) is -0.508. The van der Waals surface area contributed by atoms with E-state index >= 15 is 0 Å². The van der Waals surface area contributed by atoms with Crippen molar-refractivity contribution in [3.05, 3.63) is 42.0 Å². The van der Waals surface area contributed by atoms with Crippen molar-refractivity contribution in [1.29, 1.82) is 0 Å². The Bertz CT molecular complexity index is 1110. The van der Waals surface area contributed by atoms with Gasteiger partial charge in [0.2, 0.25) is 0 Å². The number of hydrogen-bond donors (Lipinski definition) is 1. The number of nitrogens with zero attached hydrogens (tertiary/aromatic N) is 1. The van der Waals surface area contributed by atoms with Crippen molar-refractivity contribution in [1.82, 2.24) is 10.2 Å². The number of benzene rings is 2. The normalized spacial score (nSPS) is 21.7. The predicted molar refractivity (Wildman–Crippen MR) is 138 cm³/mol. The molecule has 188 valence electrons. The van der Waals surface area contributed by atoms with Crippen molar-refractivity contribution in [3.63, 3.8) is 0 Å². The van der Waals surface area contributed by atoms with Crippen molar-refractivity contribution in [2.75, 3.05) is 13.1 Å². The standard InChI is InChI=1S/C27H37BN2O5/c1-25(2,3)33-24(32)29-18-11-10-16-30(17-18)23(31)21-14-8-13-20-19(21)12-9-15-22(20)28-34-26(4,5)27(6,7)35-28/h8-9,12-15,18H,10-11,16-17H2,1-7H3,(H,29,32)/t18-/m0/s1. The number of carbonyl (C=O) groups is 2. The summed E-state index contributed by atoms with van der Waals surface area (Å²) in [6.45, 7) is 14.7. The molecule has 0 saturated carbocycles.